The molecule has 1 N–H and O–H groups in total. The van der Waals surface area contributed by atoms with Gasteiger partial charge in [-0.25, -0.2) is 0 Å². The van der Waals surface area contributed by atoms with Crippen molar-refractivity contribution in [2.24, 2.45) is 0 Å². The maximum absolute atomic E-state index is 10.6. The fraction of sp³-hybridized carbons (Fsp3) is 0. The summed E-state index contributed by atoms with van der Waals surface area (Å²) < 4.78 is 5.50. The summed E-state index contributed by atoms with van der Waals surface area (Å²) in [6.45, 7) is 0. The summed E-state index contributed by atoms with van der Waals surface area (Å²) in [6, 6.07) is 14.8. The van der Waals surface area contributed by atoms with Crippen LogP contribution in [-0.2, 0) is 11.8 Å². The highest BCUT2D eigenvalue weighted by atomic mass is 35.7. The third-order valence-electron chi connectivity index (χ3n) is 2.31. The molecule has 20 heavy (non-hydrogen) atoms. The lowest BCUT2D eigenvalue weighted by molar-refractivity contribution is -0.384. The molecule has 0 aliphatic rings. The van der Waals surface area contributed by atoms with Crippen LogP contribution < -0.4 is 9.61 Å². The minimum Gasteiger partial charge on any atom is -0.437 e. The Balaban J connectivity index is 2.08. The van der Waals surface area contributed by atoms with Gasteiger partial charge in [0.25, 0.3) is 11.5 Å². The number of hydrogen-bond acceptors (Lipinski definition) is 4. The normalized spacial score (nSPS) is 13.2. The van der Waals surface area contributed by atoms with Gasteiger partial charge in [-0.15, -0.1) is 0 Å². The predicted octanol–water partition coefficient (Wildman–Crippen LogP) is 4.55. The van der Waals surface area contributed by atoms with Crippen LogP contribution in [0.5, 0.6) is 5.75 Å². The molecule has 1 unspecified atom stereocenters. The number of nitrogens with one attached hydrogen (secondary N) is 1. The van der Waals surface area contributed by atoms with Gasteiger partial charge in [-0.1, -0.05) is 18.2 Å². The van der Waals surface area contributed by atoms with Crippen LogP contribution in [0.25, 0.3) is 0 Å². The molecule has 104 valence electrons. The number of nitrogens with zero attached hydrogens (tertiary/aromatic N) is 1. The highest BCUT2D eigenvalue weighted by Gasteiger charge is 2.16. The fourth-order valence-corrected chi connectivity index (χ4v) is 3.46. The van der Waals surface area contributed by atoms with Crippen molar-refractivity contribution in [3.05, 3.63) is 64.7 Å². The van der Waals surface area contributed by atoms with Crippen LogP contribution >= 0.6 is 17.0 Å². The van der Waals surface area contributed by atoms with Crippen LogP contribution in [0.4, 0.5) is 11.4 Å². The van der Waals surface area contributed by atoms with Crippen molar-refractivity contribution in [3.63, 3.8) is 0 Å². The van der Waals surface area contributed by atoms with Gasteiger partial charge in [0.2, 0.25) is 0 Å². The van der Waals surface area contributed by atoms with E-state index in [1.165, 1.54) is 24.3 Å². The lowest BCUT2D eigenvalue weighted by Gasteiger charge is -2.18. The topological polar surface area (TPSA) is 64.4 Å². The number of hydrogen-bond donors (Lipinski definition) is 1. The molecule has 0 spiro atoms. The molecule has 0 fully saturated rings. The van der Waals surface area contributed by atoms with Gasteiger partial charge >= 0.3 is 0 Å². The summed E-state index contributed by atoms with van der Waals surface area (Å²) >= 11 is 11.4. The minimum atomic E-state index is -2.79. The molecule has 0 radical (unpaired) electrons. The molecule has 0 aliphatic heterocycles. The van der Waals surface area contributed by atoms with E-state index < -0.39 is 10.7 Å². The third-order valence-corrected chi connectivity index (χ3v) is 4.24. The van der Waals surface area contributed by atoms with Crippen LogP contribution in [0, 0.1) is 10.1 Å². The first kappa shape index (κ1) is 14.8. The van der Waals surface area contributed by atoms with Crippen LogP contribution in [0.15, 0.2) is 54.6 Å². The molecule has 8 heteroatoms. The number of nitro groups is 1. The number of rotatable bonds is 5. The van der Waals surface area contributed by atoms with E-state index in [2.05, 4.69) is 5.09 Å². The summed E-state index contributed by atoms with van der Waals surface area (Å²) in [7, 11) is 0. The van der Waals surface area contributed by atoms with Gasteiger partial charge in [-0.3, -0.25) is 10.1 Å². The van der Waals surface area contributed by atoms with Gasteiger partial charge in [0.05, 0.1) is 4.92 Å². The Morgan fingerprint density at radius 2 is 1.75 bits per heavy atom. The molecule has 0 amide bonds. The van der Waals surface area contributed by atoms with E-state index in [4.69, 9.17) is 27.6 Å². The molecule has 1 atom stereocenters. The van der Waals surface area contributed by atoms with Gasteiger partial charge in [-0.2, -0.15) is 0 Å². The van der Waals surface area contributed by atoms with Crippen molar-refractivity contribution < 1.29 is 9.45 Å². The molecule has 0 aliphatic carbocycles. The molecule has 0 saturated carbocycles. The third kappa shape index (κ3) is 4.20. The van der Waals surface area contributed by atoms with Crippen molar-refractivity contribution in [1.29, 1.82) is 0 Å². The zero-order valence-corrected chi connectivity index (χ0v) is 12.6. The monoisotopic (exact) mass is 328 g/mol. The number of anilines is 1. The Morgan fingerprint density at radius 3 is 2.30 bits per heavy atom. The highest BCUT2D eigenvalue weighted by Crippen LogP contribution is 2.52. The molecule has 2 aromatic carbocycles. The Morgan fingerprint density at radius 1 is 1.15 bits per heavy atom. The molecule has 2 aromatic rings. The smallest absolute Gasteiger partial charge is 0.294 e. The lowest BCUT2D eigenvalue weighted by Crippen LogP contribution is -1.98. The number of halogens is 1. The Labute approximate surface area is 125 Å². The molecule has 0 bridgehead atoms. The lowest BCUT2D eigenvalue weighted by atomic mass is 10.3. The van der Waals surface area contributed by atoms with Gasteiger partial charge in [0, 0.05) is 17.8 Å². The maximum atomic E-state index is 10.6. The van der Waals surface area contributed by atoms with Crippen molar-refractivity contribution >= 4 is 40.2 Å². The quantitative estimate of drug-likeness (QED) is 0.495. The molecular weight excluding hydrogens is 319 g/mol. The fourth-order valence-electron chi connectivity index (χ4n) is 1.45. The SMILES string of the molecule is O=[N+]([O-])c1ccc(OP(=S)(Cl)Nc2ccccc2)cc1. The van der Waals surface area contributed by atoms with E-state index in [9.17, 15) is 10.1 Å². The maximum Gasteiger partial charge on any atom is 0.294 e. The second kappa shape index (κ2) is 6.22. The van der Waals surface area contributed by atoms with Crippen LogP contribution in [-0.4, -0.2) is 4.92 Å². The van der Waals surface area contributed by atoms with Crippen LogP contribution in [0.2, 0.25) is 0 Å². The first-order chi connectivity index (χ1) is 9.46. The number of non-ortho nitro benzene ring substituents is 1. The molecule has 0 aromatic heterocycles. The van der Waals surface area contributed by atoms with Crippen LogP contribution in [0.3, 0.4) is 0 Å². The number of nitro benzene ring substituents is 1. The summed E-state index contributed by atoms with van der Waals surface area (Å²) in [6.07, 6.45) is 0. The second-order valence-electron chi connectivity index (χ2n) is 3.80. The van der Waals surface area contributed by atoms with Gasteiger partial charge in [0.1, 0.15) is 5.75 Å². The Bertz CT molecular complexity index is 652. The van der Waals surface area contributed by atoms with Crippen LogP contribution in [0.1, 0.15) is 0 Å². The molecule has 0 heterocycles. The number of para-hydroxylation sites is 1. The first-order valence-electron chi connectivity index (χ1n) is 5.53. The Kier molecular flexibility index (Phi) is 4.60. The summed E-state index contributed by atoms with van der Waals surface area (Å²) in [5.74, 6) is -2.40. The predicted molar refractivity (Wildman–Crippen MR) is 83.9 cm³/mol. The van der Waals surface area contributed by atoms with Crippen molar-refractivity contribution in [3.8, 4) is 5.75 Å². The summed E-state index contributed by atoms with van der Waals surface area (Å²) in [5, 5.41) is 13.5. The standard InChI is InChI=1S/C12H10ClN2O3PS/c13-19(20,14-10-4-2-1-3-5-10)18-12-8-6-11(7-9-12)15(16)17/h1-9H,(H,14,20). The molecule has 0 saturated heterocycles. The minimum absolute atomic E-state index is 0.0174. The largest absolute Gasteiger partial charge is 0.437 e. The summed E-state index contributed by atoms with van der Waals surface area (Å²) in [4.78, 5) is 10.1. The van der Waals surface area contributed by atoms with E-state index in [1.54, 1.807) is 0 Å². The van der Waals surface area contributed by atoms with Gasteiger partial charge in [0.15, 0.2) is 0 Å². The van der Waals surface area contributed by atoms with Crippen molar-refractivity contribution in [2.45, 2.75) is 0 Å². The molecule has 2 rings (SSSR count). The van der Waals surface area contributed by atoms with Crippen molar-refractivity contribution in [1.82, 2.24) is 0 Å². The van der Waals surface area contributed by atoms with Gasteiger partial charge in [-0.05, 0) is 47.3 Å². The number of benzene rings is 2. The Hall–Kier alpha value is -1.62. The van der Waals surface area contributed by atoms with Crippen molar-refractivity contribution in [2.75, 3.05) is 5.09 Å². The van der Waals surface area contributed by atoms with E-state index >= 15 is 0 Å². The average molecular weight is 329 g/mol. The molecular formula is C12H10ClN2O3PS. The second-order valence-corrected chi connectivity index (χ2v) is 8.74. The summed E-state index contributed by atoms with van der Waals surface area (Å²) in [5.41, 5.74) is 0.740. The first-order valence-corrected chi connectivity index (χ1v) is 9.16. The average Bonchev–Trinajstić information content (AvgIpc) is 2.39. The zero-order valence-electron chi connectivity index (χ0n) is 10.1. The van der Waals surface area contributed by atoms with E-state index in [-0.39, 0.29) is 5.69 Å². The van der Waals surface area contributed by atoms with Gasteiger partial charge < -0.3 is 9.61 Å². The molecule has 5 nitrogen and oxygen atoms in total. The zero-order chi connectivity index (χ0) is 14.6. The van der Waals surface area contributed by atoms with E-state index in [0.717, 1.165) is 5.69 Å². The van der Waals surface area contributed by atoms with E-state index in [0.29, 0.717) is 5.75 Å². The van der Waals surface area contributed by atoms with E-state index in [1.807, 2.05) is 30.3 Å². The highest BCUT2D eigenvalue weighted by molar-refractivity contribution is 8.25.